The van der Waals surface area contributed by atoms with Gasteiger partial charge in [0.2, 0.25) is 5.91 Å². The second-order valence-corrected chi connectivity index (χ2v) is 9.22. The highest BCUT2D eigenvalue weighted by molar-refractivity contribution is 7.13. The molecular formula is C25H31N5O2S. The number of rotatable bonds is 8. The number of aryl methyl sites for hydroxylation is 2. The lowest BCUT2D eigenvalue weighted by Gasteiger charge is -2.33. The number of hydrogen-bond acceptors (Lipinski definition) is 7. The van der Waals surface area contributed by atoms with Crippen molar-refractivity contribution in [2.24, 2.45) is 0 Å². The van der Waals surface area contributed by atoms with Gasteiger partial charge >= 0.3 is 0 Å². The maximum atomic E-state index is 12.6. The van der Waals surface area contributed by atoms with E-state index in [2.05, 4.69) is 25.8 Å². The van der Waals surface area contributed by atoms with Gasteiger partial charge in [0, 0.05) is 49.5 Å². The topological polar surface area (TPSA) is 69.7 Å². The number of thiazole rings is 1. The minimum atomic E-state index is 0.0506. The zero-order valence-electron chi connectivity index (χ0n) is 19.4. The van der Waals surface area contributed by atoms with Crippen molar-refractivity contribution >= 4 is 33.8 Å². The van der Waals surface area contributed by atoms with Crippen molar-refractivity contribution in [1.82, 2.24) is 14.8 Å². The predicted octanol–water partition coefficient (Wildman–Crippen LogP) is 4.27. The Labute approximate surface area is 199 Å². The van der Waals surface area contributed by atoms with Gasteiger partial charge in [0.25, 0.3) is 0 Å². The van der Waals surface area contributed by atoms with Crippen LogP contribution in [0.1, 0.15) is 16.8 Å². The highest BCUT2D eigenvalue weighted by Crippen LogP contribution is 2.24. The van der Waals surface area contributed by atoms with E-state index >= 15 is 0 Å². The summed E-state index contributed by atoms with van der Waals surface area (Å²) >= 11 is 1.61. The van der Waals surface area contributed by atoms with E-state index in [9.17, 15) is 4.79 Å². The molecule has 0 radical (unpaired) electrons. The molecule has 8 heteroatoms. The second-order valence-electron chi connectivity index (χ2n) is 8.36. The summed E-state index contributed by atoms with van der Waals surface area (Å²) in [6, 6.07) is 13.9. The van der Waals surface area contributed by atoms with Crippen molar-refractivity contribution in [1.29, 1.82) is 0 Å². The molecule has 2 heterocycles. The van der Waals surface area contributed by atoms with E-state index in [1.165, 1.54) is 0 Å². The first-order valence-corrected chi connectivity index (χ1v) is 12.0. The predicted molar refractivity (Wildman–Crippen MR) is 135 cm³/mol. The summed E-state index contributed by atoms with van der Waals surface area (Å²) in [4.78, 5) is 21.9. The minimum absolute atomic E-state index is 0.0506. The SMILES string of the molecule is COc1ccc(Nc2nc(CN3CCN(CC(=O)Nc4c(C)cccc4C)CC3)cs2)cc1. The van der Waals surface area contributed by atoms with Crippen LogP contribution < -0.4 is 15.4 Å². The van der Waals surface area contributed by atoms with Crippen molar-refractivity contribution in [2.45, 2.75) is 20.4 Å². The summed E-state index contributed by atoms with van der Waals surface area (Å²) < 4.78 is 5.20. The Balaban J connectivity index is 1.22. The molecule has 1 fully saturated rings. The number of carbonyl (C=O) groups is 1. The number of nitrogens with one attached hydrogen (secondary N) is 2. The van der Waals surface area contributed by atoms with E-state index in [0.717, 1.165) is 71.8 Å². The van der Waals surface area contributed by atoms with Crippen LogP contribution in [0.2, 0.25) is 0 Å². The molecule has 1 aliphatic heterocycles. The number of para-hydroxylation sites is 1. The monoisotopic (exact) mass is 465 g/mol. The van der Waals surface area contributed by atoms with Gasteiger partial charge in [-0.15, -0.1) is 11.3 Å². The summed E-state index contributed by atoms with van der Waals surface area (Å²) in [6.45, 7) is 8.90. The van der Waals surface area contributed by atoms with E-state index in [1.807, 2.05) is 56.3 Å². The molecule has 3 aromatic rings. The molecule has 33 heavy (non-hydrogen) atoms. The van der Waals surface area contributed by atoms with Gasteiger partial charge in [0.05, 0.1) is 19.3 Å². The highest BCUT2D eigenvalue weighted by atomic mass is 32.1. The molecule has 0 spiro atoms. The van der Waals surface area contributed by atoms with Crippen molar-refractivity contribution in [3.05, 3.63) is 64.7 Å². The van der Waals surface area contributed by atoms with Crippen LogP contribution in [0, 0.1) is 13.8 Å². The molecule has 1 aromatic heterocycles. The molecule has 1 saturated heterocycles. The van der Waals surface area contributed by atoms with E-state index in [4.69, 9.17) is 9.72 Å². The van der Waals surface area contributed by atoms with Crippen molar-refractivity contribution in [3.8, 4) is 5.75 Å². The number of benzene rings is 2. The van der Waals surface area contributed by atoms with E-state index in [-0.39, 0.29) is 5.91 Å². The highest BCUT2D eigenvalue weighted by Gasteiger charge is 2.20. The van der Waals surface area contributed by atoms with Crippen LogP contribution >= 0.6 is 11.3 Å². The fourth-order valence-electron chi connectivity index (χ4n) is 3.96. The quantitative estimate of drug-likeness (QED) is 0.518. The standard InChI is InChI=1S/C25H31N5O2S/c1-18-5-4-6-19(2)24(18)28-23(31)16-30-13-11-29(12-14-30)15-21-17-33-25(27-21)26-20-7-9-22(32-3)10-8-20/h4-10,17H,11-16H2,1-3H3,(H,26,27)(H,28,31). The first-order valence-electron chi connectivity index (χ1n) is 11.2. The molecular weight excluding hydrogens is 434 g/mol. The summed E-state index contributed by atoms with van der Waals surface area (Å²) in [5.74, 6) is 0.886. The Hall–Kier alpha value is -2.94. The number of aromatic nitrogens is 1. The third-order valence-electron chi connectivity index (χ3n) is 5.86. The number of methoxy groups -OCH3 is 1. The number of ether oxygens (including phenoxy) is 1. The van der Waals surface area contributed by atoms with Gasteiger partial charge in [-0.2, -0.15) is 0 Å². The van der Waals surface area contributed by atoms with E-state index < -0.39 is 0 Å². The maximum Gasteiger partial charge on any atom is 0.238 e. The summed E-state index contributed by atoms with van der Waals surface area (Å²) in [7, 11) is 1.66. The van der Waals surface area contributed by atoms with Crippen LogP contribution in [-0.4, -0.2) is 60.5 Å². The molecule has 0 bridgehead atoms. The molecule has 2 aromatic carbocycles. The normalized spacial score (nSPS) is 14.8. The molecule has 0 aliphatic carbocycles. The third-order valence-corrected chi connectivity index (χ3v) is 6.66. The van der Waals surface area contributed by atoms with Gasteiger partial charge in [-0.05, 0) is 49.2 Å². The van der Waals surface area contributed by atoms with Gasteiger partial charge in [0.15, 0.2) is 5.13 Å². The smallest absolute Gasteiger partial charge is 0.238 e. The van der Waals surface area contributed by atoms with Crippen molar-refractivity contribution in [2.75, 3.05) is 50.5 Å². The second kappa shape index (κ2) is 10.8. The Morgan fingerprint density at radius 1 is 1.03 bits per heavy atom. The van der Waals surface area contributed by atoms with Crippen LogP contribution in [0.5, 0.6) is 5.75 Å². The lowest BCUT2D eigenvalue weighted by molar-refractivity contribution is -0.117. The molecule has 0 atom stereocenters. The largest absolute Gasteiger partial charge is 0.497 e. The Morgan fingerprint density at radius 2 is 1.70 bits per heavy atom. The van der Waals surface area contributed by atoms with Crippen LogP contribution in [-0.2, 0) is 11.3 Å². The molecule has 7 nitrogen and oxygen atoms in total. The maximum absolute atomic E-state index is 12.6. The average Bonchev–Trinajstić information content (AvgIpc) is 3.25. The summed E-state index contributed by atoms with van der Waals surface area (Å²) in [6.07, 6.45) is 0. The van der Waals surface area contributed by atoms with Crippen LogP contribution in [0.4, 0.5) is 16.5 Å². The van der Waals surface area contributed by atoms with E-state index in [0.29, 0.717) is 6.54 Å². The lowest BCUT2D eigenvalue weighted by Crippen LogP contribution is -2.48. The Morgan fingerprint density at radius 3 is 2.36 bits per heavy atom. The minimum Gasteiger partial charge on any atom is -0.497 e. The molecule has 1 aliphatic rings. The Kier molecular flexibility index (Phi) is 7.59. The van der Waals surface area contributed by atoms with Gasteiger partial charge in [0.1, 0.15) is 5.75 Å². The van der Waals surface area contributed by atoms with Gasteiger partial charge in [-0.25, -0.2) is 4.98 Å². The Bertz CT molecular complexity index is 1050. The number of hydrogen-bond donors (Lipinski definition) is 2. The number of nitrogens with zero attached hydrogens (tertiary/aromatic N) is 3. The van der Waals surface area contributed by atoms with Crippen molar-refractivity contribution in [3.63, 3.8) is 0 Å². The van der Waals surface area contributed by atoms with Crippen molar-refractivity contribution < 1.29 is 9.53 Å². The van der Waals surface area contributed by atoms with Crippen LogP contribution in [0.25, 0.3) is 0 Å². The van der Waals surface area contributed by atoms with Crippen LogP contribution in [0.3, 0.4) is 0 Å². The summed E-state index contributed by atoms with van der Waals surface area (Å²) in [5.41, 5.74) is 5.18. The number of carbonyl (C=O) groups excluding carboxylic acids is 1. The zero-order chi connectivity index (χ0) is 23.2. The third kappa shape index (κ3) is 6.31. The molecule has 174 valence electrons. The van der Waals surface area contributed by atoms with E-state index in [1.54, 1.807) is 18.4 Å². The number of piperazine rings is 1. The molecule has 1 amide bonds. The zero-order valence-corrected chi connectivity index (χ0v) is 20.2. The number of anilines is 3. The van der Waals surface area contributed by atoms with Gasteiger partial charge in [-0.3, -0.25) is 14.6 Å². The molecule has 2 N–H and O–H groups in total. The number of amides is 1. The fourth-order valence-corrected chi connectivity index (χ4v) is 4.68. The fraction of sp³-hybridized carbons (Fsp3) is 0.360. The van der Waals surface area contributed by atoms with Gasteiger partial charge in [-0.1, -0.05) is 18.2 Å². The lowest BCUT2D eigenvalue weighted by atomic mass is 10.1. The summed E-state index contributed by atoms with van der Waals surface area (Å²) in [5, 5.41) is 9.43. The first-order chi connectivity index (χ1) is 16.0. The average molecular weight is 466 g/mol. The van der Waals surface area contributed by atoms with Crippen LogP contribution in [0.15, 0.2) is 47.8 Å². The molecule has 0 saturated carbocycles. The van der Waals surface area contributed by atoms with Gasteiger partial charge < -0.3 is 15.4 Å². The molecule has 4 rings (SSSR count). The molecule has 0 unspecified atom stereocenters. The first kappa shape index (κ1) is 23.2.